The van der Waals surface area contributed by atoms with Gasteiger partial charge in [-0.2, -0.15) is 0 Å². The molecule has 0 heterocycles. The standard InChI is InChI=1S/C21H40O4/c1-6-19(21(23)25-18(4)5)15-13-11-9-7-8-10-12-14-16-20(22)24-17(2)3/h17-19H,6-16H2,1-5H3. The number of carbonyl (C=O) groups is 2. The van der Waals surface area contributed by atoms with Crippen molar-refractivity contribution in [2.45, 2.75) is 117 Å². The van der Waals surface area contributed by atoms with Gasteiger partial charge in [-0.25, -0.2) is 0 Å². The Bertz CT molecular complexity index is 350. The van der Waals surface area contributed by atoms with E-state index in [1.54, 1.807) is 0 Å². The van der Waals surface area contributed by atoms with Crippen LogP contribution in [-0.4, -0.2) is 24.1 Å². The predicted molar refractivity (Wildman–Crippen MR) is 102 cm³/mol. The molecule has 0 spiro atoms. The Kier molecular flexibility index (Phi) is 14.6. The van der Waals surface area contributed by atoms with Gasteiger partial charge >= 0.3 is 11.9 Å². The Hall–Kier alpha value is -1.06. The third kappa shape index (κ3) is 14.9. The lowest BCUT2D eigenvalue weighted by molar-refractivity contribution is -0.153. The molecule has 0 bridgehead atoms. The Morgan fingerprint density at radius 1 is 0.720 bits per heavy atom. The van der Waals surface area contributed by atoms with Crippen molar-refractivity contribution in [3.05, 3.63) is 0 Å². The molecule has 0 N–H and O–H groups in total. The number of carbonyl (C=O) groups excluding carboxylic acids is 2. The largest absolute Gasteiger partial charge is 0.463 e. The molecule has 148 valence electrons. The summed E-state index contributed by atoms with van der Waals surface area (Å²) < 4.78 is 10.4. The summed E-state index contributed by atoms with van der Waals surface area (Å²) in [6.07, 6.45) is 11.5. The lowest BCUT2D eigenvalue weighted by Gasteiger charge is -2.16. The predicted octanol–water partition coefficient (Wildman–Crippen LogP) is 5.82. The van der Waals surface area contributed by atoms with Gasteiger partial charge in [-0.1, -0.05) is 51.9 Å². The third-order valence-electron chi connectivity index (χ3n) is 4.23. The molecular formula is C21H40O4. The van der Waals surface area contributed by atoms with Crippen molar-refractivity contribution in [2.24, 2.45) is 5.92 Å². The third-order valence-corrected chi connectivity index (χ3v) is 4.23. The van der Waals surface area contributed by atoms with Crippen molar-refractivity contribution in [3.63, 3.8) is 0 Å². The summed E-state index contributed by atoms with van der Waals surface area (Å²) in [7, 11) is 0. The van der Waals surface area contributed by atoms with E-state index >= 15 is 0 Å². The molecule has 4 heteroatoms. The molecule has 1 unspecified atom stereocenters. The maximum absolute atomic E-state index is 11.9. The highest BCUT2D eigenvalue weighted by atomic mass is 16.5. The molecule has 0 aliphatic rings. The fraction of sp³-hybridized carbons (Fsp3) is 0.905. The van der Waals surface area contributed by atoms with Crippen LogP contribution in [0.4, 0.5) is 0 Å². The lowest BCUT2D eigenvalue weighted by Crippen LogP contribution is -2.20. The Morgan fingerprint density at radius 2 is 1.20 bits per heavy atom. The topological polar surface area (TPSA) is 52.6 Å². The molecule has 0 radical (unpaired) electrons. The molecule has 1 atom stereocenters. The molecular weight excluding hydrogens is 316 g/mol. The molecule has 0 fully saturated rings. The van der Waals surface area contributed by atoms with Crippen LogP contribution in [0.25, 0.3) is 0 Å². The van der Waals surface area contributed by atoms with Gasteiger partial charge in [-0.15, -0.1) is 0 Å². The van der Waals surface area contributed by atoms with Gasteiger partial charge in [0.2, 0.25) is 0 Å². The van der Waals surface area contributed by atoms with Crippen LogP contribution < -0.4 is 0 Å². The van der Waals surface area contributed by atoms with E-state index in [2.05, 4.69) is 6.92 Å². The van der Waals surface area contributed by atoms with Crippen molar-refractivity contribution >= 4 is 11.9 Å². The quantitative estimate of drug-likeness (QED) is 0.274. The molecule has 25 heavy (non-hydrogen) atoms. The van der Waals surface area contributed by atoms with Crippen LogP contribution in [0, 0.1) is 5.92 Å². The molecule has 0 aliphatic carbocycles. The monoisotopic (exact) mass is 356 g/mol. The van der Waals surface area contributed by atoms with Crippen molar-refractivity contribution < 1.29 is 19.1 Å². The first-order valence-corrected chi connectivity index (χ1v) is 10.3. The lowest BCUT2D eigenvalue weighted by atomic mass is 9.97. The average molecular weight is 357 g/mol. The number of ether oxygens (including phenoxy) is 2. The molecule has 0 amide bonds. The molecule has 0 aromatic rings. The van der Waals surface area contributed by atoms with Crippen LogP contribution in [0.1, 0.15) is 105 Å². The van der Waals surface area contributed by atoms with E-state index in [9.17, 15) is 9.59 Å². The van der Waals surface area contributed by atoms with Crippen LogP contribution in [0.5, 0.6) is 0 Å². The van der Waals surface area contributed by atoms with Crippen molar-refractivity contribution in [2.75, 3.05) is 0 Å². The summed E-state index contributed by atoms with van der Waals surface area (Å²) in [5.74, 6) is -0.0436. The molecule has 0 aliphatic heterocycles. The summed E-state index contributed by atoms with van der Waals surface area (Å²) >= 11 is 0. The SMILES string of the molecule is CCC(CCCCCCCCCCC(=O)OC(C)C)C(=O)OC(C)C. The van der Waals surface area contributed by atoms with Gasteiger partial charge in [0.25, 0.3) is 0 Å². The van der Waals surface area contributed by atoms with Crippen molar-refractivity contribution in [3.8, 4) is 0 Å². The number of rotatable bonds is 15. The van der Waals surface area contributed by atoms with Gasteiger partial charge in [0, 0.05) is 6.42 Å². The van der Waals surface area contributed by atoms with E-state index in [0.717, 1.165) is 32.1 Å². The first-order valence-electron chi connectivity index (χ1n) is 10.3. The first kappa shape index (κ1) is 23.9. The first-order chi connectivity index (χ1) is 11.9. The molecule has 4 nitrogen and oxygen atoms in total. The number of unbranched alkanes of at least 4 members (excludes halogenated alkanes) is 7. The Balaban J connectivity index is 3.49. The number of esters is 2. The number of hydrogen-bond acceptors (Lipinski definition) is 4. The van der Waals surface area contributed by atoms with Crippen LogP contribution in [0.2, 0.25) is 0 Å². The summed E-state index contributed by atoms with van der Waals surface area (Å²) in [6.45, 7) is 9.63. The van der Waals surface area contributed by atoms with E-state index in [1.807, 2.05) is 27.7 Å². The summed E-state index contributed by atoms with van der Waals surface area (Å²) in [6, 6.07) is 0. The van der Waals surface area contributed by atoms with Crippen molar-refractivity contribution in [1.29, 1.82) is 0 Å². The fourth-order valence-corrected chi connectivity index (χ4v) is 2.86. The van der Waals surface area contributed by atoms with E-state index in [1.165, 1.54) is 32.1 Å². The second-order valence-corrected chi connectivity index (χ2v) is 7.50. The van der Waals surface area contributed by atoms with Crippen LogP contribution in [0.15, 0.2) is 0 Å². The van der Waals surface area contributed by atoms with E-state index in [0.29, 0.717) is 6.42 Å². The molecule has 0 saturated carbocycles. The van der Waals surface area contributed by atoms with Gasteiger partial charge in [-0.3, -0.25) is 9.59 Å². The zero-order valence-electron chi connectivity index (χ0n) is 17.1. The van der Waals surface area contributed by atoms with Crippen LogP contribution in [-0.2, 0) is 19.1 Å². The van der Waals surface area contributed by atoms with E-state index in [4.69, 9.17) is 9.47 Å². The minimum atomic E-state index is -0.0727. The second-order valence-electron chi connectivity index (χ2n) is 7.50. The van der Waals surface area contributed by atoms with Gasteiger partial charge in [-0.05, 0) is 47.0 Å². The minimum absolute atomic E-state index is 0.00737. The highest BCUT2D eigenvalue weighted by Gasteiger charge is 2.18. The summed E-state index contributed by atoms with van der Waals surface area (Å²) in [4.78, 5) is 23.3. The van der Waals surface area contributed by atoms with Crippen LogP contribution in [0.3, 0.4) is 0 Å². The highest BCUT2D eigenvalue weighted by molar-refractivity contribution is 5.72. The summed E-state index contributed by atoms with van der Waals surface area (Å²) in [5, 5.41) is 0. The van der Waals surface area contributed by atoms with Crippen molar-refractivity contribution in [1.82, 2.24) is 0 Å². The van der Waals surface area contributed by atoms with Gasteiger partial charge in [0.05, 0.1) is 18.1 Å². The van der Waals surface area contributed by atoms with Gasteiger partial charge < -0.3 is 9.47 Å². The molecule has 0 aromatic carbocycles. The average Bonchev–Trinajstić information content (AvgIpc) is 2.51. The van der Waals surface area contributed by atoms with Gasteiger partial charge in [0.1, 0.15) is 0 Å². The smallest absolute Gasteiger partial charge is 0.309 e. The summed E-state index contributed by atoms with van der Waals surface area (Å²) in [5.41, 5.74) is 0. The Labute approximate surface area is 155 Å². The van der Waals surface area contributed by atoms with E-state index in [-0.39, 0.29) is 30.1 Å². The van der Waals surface area contributed by atoms with Crippen LogP contribution >= 0.6 is 0 Å². The number of hydrogen-bond donors (Lipinski definition) is 0. The molecule has 0 rings (SSSR count). The zero-order chi connectivity index (χ0) is 19.1. The highest BCUT2D eigenvalue weighted by Crippen LogP contribution is 2.18. The molecule has 0 aromatic heterocycles. The van der Waals surface area contributed by atoms with E-state index < -0.39 is 0 Å². The van der Waals surface area contributed by atoms with Gasteiger partial charge in [0.15, 0.2) is 0 Å². The molecule has 0 saturated heterocycles. The second kappa shape index (κ2) is 15.2. The maximum Gasteiger partial charge on any atom is 0.309 e. The minimum Gasteiger partial charge on any atom is -0.463 e. The normalized spacial score (nSPS) is 12.4. The fourth-order valence-electron chi connectivity index (χ4n) is 2.86. The Morgan fingerprint density at radius 3 is 1.68 bits per heavy atom. The maximum atomic E-state index is 11.9. The zero-order valence-corrected chi connectivity index (χ0v) is 17.1.